The second-order valence-corrected chi connectivity index (χ2v) is 4.95. The van der Waals surface area contributed by atoms with Gasteiger partial charge in [-0.05, 0) is 37.7 Å². The molecule has 0 aliphatic carbocycles. The van der Waals surface area contributed by atoms with Gasteiger partial charge in [-0.1, -0.05) is 33.3 Å². The Bertz CT molecular complexity index is 228. The minimum atomic E-state index is 0.189. The molecule has 0 spiro atoms. The Kier molecular flexibility index (Phi) is 3.89. The predicted octanol–water partition coefficient (Wildman–Crippen LogP) is 3.59. The first kappa shape index (κ1) is 12.4. The minimum Gasteiger partial charge on any atom is -0.295 e. The SMILES string of the molecule is CC(=O)/C(C)=C(/C)[C@H](C)C(C)(C)C. The Morgan fingerprint density at radius 2 is 1.46 bits per heavy atom. The van der Waals surface area contributed by atoms with Gasteiger partial charge >= 0.3 is 0 Å². The highest BCUT2D eigenvalue weighted by atomic mass is 16.1. The molecule has 1 nitrogen and oxygen atoms in total. The van der Waals surface area contributed by atoms with Gasteiger partial charge in [-0.2, -0.15) is 0 Å². The quantitative estimate of drug-likeness (QED) is 0.596. The van der Waals surface area contributed by atoms with Crippen LogP contribution >= 0.6 is 0 Å². The van der Waals surface area contributed by atoms with Gasteiger partial charge < -0.3 is 0 Å². The fourth-order valence-corrected chi connectivity index (χ4v) is 1.25. The fraction of sp³-hybridized carbons (Fsp3) is 0.750. The van der Waals surface area contributed by atoms with E-state index in [1.54, 1.807) is 6.92 Å². The molecule has 0 aliphatic heterocycles. The molecule has 0 aliphatic rings. The number of carbonyl (C=O) groups is 1. The summed E-state index contributed by atoms with van der Waals surface area (Å²) >= 11 is 0. The van der Waals surface area contributed by atoms with E-state index in [9.17, 15) is 4.79 Å². The first-order chi connectivity index (χ1) is 5.68. The Morgan fingerprint density at radius 3 is 1.69 bits per heavy atom. The molecule has 1 heteroatoms. The van der Waals surface area contributed by atoms with E-state index < -0.39 is 0 Å². The number of Topliss-reactive ketones (excluding diaryl/α,β-unsaturated/α-hetero) is 1. The smallest absolute Gasteiger partial charge is 0.155 e. The zero-order chi connectivity index (χ0) is 10.8. The Morgan fingerprint density at radius 1 is 1.08 bits per heavy atom. The van der Waals surface area contributed by atoms with E-state index in [1.807, 2.05) is 6.92 Å². The lowest BCUT2D eigenvalue weighted by Gasteiger charge is -2.29. The Balaban J connectivity index is 4.89. The van der Waals surface area contributed by atoms with Crippen LogP contribution in [-0.4, -0.2) is 5.78 Å². The van der Waals surface area contributed by atoms with Crippen LogP contribution in [0, 0.1) is 11.3 Å². The molecule has 76 valence electrons. The number of hydrogen-bond donors (Lipinski definition) is 0. The summed E-state index contributed by atoms with van der Waals surface area (Å²) in [7, 11) is 0. The molecule has 0 unspecified atom stereocenters. The second kappa shape index (κ2) is 4.08. The van der Waals surface area contributed by atoms with Crippen molar-refractivity contribution in [2.24, 2.45) is 11.3 Å². The lowest BCUT2D eigenvalue weighted by molar-refractivity contribution is -0.113. The van der Waals surface area contributed by atoms with E-state index >= 15 is 0 Å². The van der Waals surface area contributed by atoms with Crippen LogP contribution in [-0.2, 0) is 4.79 Å². The molecule has 0 amide bonds. The zero-order valence-corrected chi connectivity index (χ0v) is 9.99. The van der Waals surface area contributed by atoms with Crippen molar-refractivity contribution in [2.45, 2.75) is 48.5 Å². The van der Waals surface area contributed by atoms with Gasteiger partial charge in [0.2, 0.25) is 0 Å². The van der Waals surface area contributed by atoms with E-state index in [4.69, 9.17) is 0 Å². The van der Waals surface area contributed by atoms with Crippen molar-refractivity contribution in [2.75, 3.05) is 0 Å². The molecule has 1 atom stereocenters. The molecule has 0 heterocycles. The summed E-state index contributed by atoms with van der Waals surface area (Å²) < 4.78 is 0. The summed E-state index contributed by atoms with van der Waals surface area (Å²) in [4.78, 5) is 11.2. The highest BCUT2D eigenvalue weighted by Crippen LogP contribution is 2.32. The van der Waals surface area contributed by atoms with Crippen molar-refractivity contribution in [3.05, 3.63) is 11.1 Å². The monoisotopic (exact) mass is 182 g/mol. The van der Waals surface area contributed by atoms with Gasteiger partial charge in [-0.25, -0.2) is 0 Å². The van der Waals surface area contributed by atoms with E-state index in [0.29, 0.717) is 5.92 Å². The van der Waals surface area contributed by atoms with E-state index in [0.717, 1.165) is 5.57 Å². The van der Waals surface area contributed by atoms with Gasteiger partial charge in [0.1, 0.15) is 0 Å². The van der Waals surface area contributed by atoms with Crippen molar-refractivity contribution in [3.8, 4) is 0 Å². The first-order valence-electron chi connectivity index (χ1n) is 4.86. The molecule has 0 saturated carbocycles. The summed E-state index contributed by atoms with van der Waals surface area (Å²) in [6.45, 7) is 14.4. The number of hydrogen-bond acceptors (Lipinski definition) is 1. The largest absolute Gasteiger partial charge is 0.295 e. The van der Waals surface area contributed by atoms with Gasteiger partial charge in [0, 0.05) is 0 Å². The molecule has 0 radical (unpaired) electrons. The lowest BCUT2D eigenvalue weighted by atomic mass is 9.76. The molecule has 0 bridgehead atoms. The standard InChI is InChI=1S/C12H22O/c1-8(9(2)11(4)13)10(3)12(5,6)7/h10H,1-7H3/b9-8-/t10-/m0/s1. The van der Waals surface area contributed by atoms with Crippen molar-refractivity contribution < 1.29 is 4.79 Å². The molecule has 0 aromatic carbocycles. The molecule has 0 saturated heterocycles. The van der Waals surface area contributed by atoms with Gasteiger partial charge in [0.05, 0.1) is 0 Å². The van der Waals surface area contributed by atoms with Crippen molar-refractivity contribution >= 4 is 5.78 Å². The van der Waals surface area contributed by atoms with Gasteiger partial charge in [0.15, 0.2) is 5.78 Å². The molecular formula is C12H22O. The highest BCUT2D eigenvalue weighted by Gasteiger charge is 2.23. The predicted molar refractivity (Wildman–Crippen MR) is 57.7 cm³/mol. The second-order valence-electron chi connectivity index (χ2n) is 4.95. The normalized spacial score (nSPS) is 16.5. The average molecular weight is 182 g/mol. The van der Waals surface area contributed by atoms with Crippen LogP contribution in [0.15, 0.2) is 11.1 Å². The van der Waals surface area contributed by atoms with E-state index in [2.05, 4.69) is 34.6 Å². The van der Waals surface area contributed by atoms with Crippen LogP contribution in [0.4, 0.5) is 0 Å². The first-order valence-corrected chi connectivity index (χ1v) is 4.86. The third-order valence-electron chi connectivity index (χ3n) is 3.07. The molecule has 13 heavy (non-hydrogen) atoms. The van der Waals surface area contributed by atoms with Gasteiger partial charge in [-0.3, -0.25) is 4.79 Å². The molecule has 0 aromatic heterocycles. The number of allylic oxidation sites excluding steroid dienone is 2. The lowest BCUT2D eigenvalue weighted by Crippen LogP contribution is -2.20. The third-order valence-corrected chi connectivity index (χ3v) is 3.07. The summed E-state index contributed by atoms with van der Waals surface area (Å²) in [5, 5.41) is 0. The van der Waals surface area contributed by atoms with E-state index in [1.165, 1.54) is 5.57 Å². The third kappa shape index (κ3) is 3.33. The number of ketones is 1. The maximum absolute atomic E-state index is 11.2. The average Bonchev–Trinajstić information content (AvgIpc) is 1.98. The van der Waals surface area contributed by atoms with Crippen molar-refractivity contribution in [1.29, 1.82) is 0 Å². The van der Waals surface area contributed by atoms with Crippen LogP contribution in [0.3, 0.4) is 0 Å². The molecule has 0 aromatic rings. The summed E-state index contributed by atoms with van der Waals surface area (Å²) in [6, 6.07) is 0. The zero-order valence-electron chi connectivity index (χ0n) is 9.99. The molecule has 0 fully saturated rings. The Hall–Kier alpha value is -0.590. The summed E-state index contributed by atoms with van der Waals surface area (Å²) in [6.07, 6.45) is 0. The Labute approximate surface area is 82.2 Å². The minimum absolute atomic E-state index is 0.189. The number of carbonyl (C=O) groups excluding carboxylic acids is 1. The van der Waals surface area contributed by atoms with Crippen LogP contribution in [0.5, 0.6) is 0 Å². The fourth-order valence-electron chi connectivity index (χ4n) is 1.25. The maximum atomic E-state index is 11.2. The van der Waals surface area contributed by atoms with Crippen LogP contribution < -0.4 is 0 Å². The van der Waals surface area contributed by atoms with Crippen LogP contribution in [0.2, 0.25) is 0 Å². The molecule has 0 rings (SSSR count). The number of rotatable bonds is 2. The van der Waals surface area contributed by atoms with E-state index in [-0.39, 0.29) is 11.2 Å². The van der Waals surface area contributed by atoms with Gasteiger partial charge in [-0.15, -0.1) is 0 Å². The summed E-state index contributed by atoms with van der Waals surface area (Å²) in [5.41, 5.74) is 2.38. The maximum Gasteiger partial charge on any atom is 0.155 e. The van der Waals surface area contributed by atoms with Crippen LogP contribution in [0.1, 0.15) is 48.5 Å². The van der Waals surface area contributed by atoms with Crippen LogP contribution in [0.25, 0.3) is 0 Å². The highest BCUT2D eigenvalue weighted by molar-refractivity contribution is 5.93. The molecular weight excluding hydrogens is 160 g/mol. The van der Waals surface area contributed by atoms with Crippen molar-refractivity contribution in [3.63, 3.8) is 0 Å². The van der Waals surface area contributed by atoms with Gasteiger partial charge in [0.25, 0.3) is 0 Å². The molecule has 0 N–H and O–H groups in total. The summed E-state index contributed by atoms with van der Waals surface area (Å²) in [5.74, 6) is 0.644. The van der Waals surface area contributed by atoms with Crippen molar-refractivity contribution in [1.82, 2.24) is 0 Å². The topological polar surface area (TPSA) is 17.1 Å².